The zero-order valence-corrected chi connectivity index (χ0v) is 13.8. The normalized spacial score (nSPS) is 18.2. The van der Waals surface area contributed by atoms with E-state index in [1.807, 2.05) is 48.5 Å². The molecular weight excluding hydrogens is 322 g/mol. The average Bonchev–Trinajstić information content (AvgIpc) is 3.17. The highest BCUT2D eigenvalue weighted by Crippen LogP contribution is 2.35. The molecule has 6 heteroatoms. The number of H-pyrrole nitrogens is 1. The van der Waals surface area contributed by atoms with Crippen molar-refractivity contribution in [2.45, 2.75) is 17.5 Å². The molecule has 0 saturated heterocycles. The van der Waals surface area contributed by atoms with Gasteiger partial charge in [0.25, 0.3) is 10.0 Å². The molecule has 1 N–H and O–H groups in total. The SMILES string of the molecule is O=S(=O)(c1cnc[nH]1)N1Cc2ccccc2C(c2ccccc2)C1. The number of nitrogens with zero attached hydrogens (tertiary/aromatic N) is 2. The maximum absolute atomic E-state index is 12.9. The first-order valence-electron chi connectivity index (χ1n) is 7.77. The van der Waals surface area contributed by atoms with Crippen LogP contribution in [0, 0.1) is 0 Å². The summed E-state index contributed by atoms with van der Waals surface area (Å²) in [5.74, 6) is 0.0221. The molecule has 1 aromatic heterocycles. The predicted octanol–water partition coefficient (Wildman–Crippen LogP) is 2.75. The van der Waals surface area contributed by atoms with Gasteiger partial charge in [0.2, 0.25) is 0 Å². The summed E-state index contributed by atoms with van der Waals surface area (Å²) in [6, 6.07) is 18.1. The van der Waals surface area contributed by atoms with Crippen molar-refractivity contribution in [3.8, 4) is 0 Å². The number of nitrogens with one attached hydrogen (secondary N) is 1. The van der Waals surface area contributed by atoms with Gasteiger partial charge in [-0.05, 0) is 16.7 Å². The van der Waals surface area contributed by atoms with Crippen molar-refractivity contribution in [1.29, 1.82) is 0 Å². The summed E-state index contributed by atoms with van der Waals surface area (Å²) in [4.78, 5) is 6.56. The summed E-state index contributed by atoms with van der Waals surface area (Å²) in [5, 5.41) is 0.133. The molecule has 4 rings (SSSR count). The number of sulfonamides is 1. The van der Waals surface area contributed by atoms with E-state index < -0.39 is 10.0 Å². The second-order valence-electron chi connectivity index (χ2n) is 5.88. The largest absolute Gasteiger partial charge is 0.335 e. The fraction of sp³-hybridized carbons (Fsp3) is 0.167. The Labute approximate surface area is 141 Å². The molecule has 0 amide bonds. The summed E-state index contributed by atoms with van der Waals surface area (Å²) in [5.41, 5.74) is 3.36. The smallest absolute Gasteiger partial charge is 0.260 e. The molecular formula is C18H17N3O2S. The van der Waals surface area contributed by atoms with E-state index in [1.165, 1.54) is 22.4 Å². The van der Waals surface area contributed by atoms with Crippen molar-refractivity contribution in [2.24, 2.45) is 0 Å². The Morgan fingerprint density at radius 3 is 2.54 bits per heavy atom. The van der Waals surface area contributed by atoms with Gasteiger partial charge >= 0.3 is 0 Å². The lowest BCUT2D eigenvalue weighted by molar-refractivity contribution is 0.370. The number of rotatable bonds is 3. The lowest BCUT2D eigenvalue weighted by Gasteiger charge is -2.33. The molecule has 3 aromatic rings. The Balaban J connectivity index is 1.79. The lowest BCUT2D eigenvalue weighted by Crippen LogP contribution is -2.38. The first-order valence-corrected chi connectivity index (χ1v) is 9.21. The van der Waals surface area contributed by atoms with Crippen LogP contribution in [0.15, 0.2) is 72.1 Å². The van der Waals surface area contributed by atoms with Gasteiger partial charge in [0, 0.05) is 19.0 Å². The molecule has 0 bridgehead atoms. The molecule has 5 nitrogen and oxygen atoms in total. The van der Waals surface area contributed by atoms with Crippen LogP contribution >= 0.6 is 0 Å². The molecule has 2 aromatic carbocycles. The maximum atomic E-state index is 12.9. The van der Waals surface area contributed by atoms with Gasteiger partial charge in [-0.25, -0.2) is 13.4 Å². The zero-order valence-electron chi connectivity index (χ0n) is 13.0. The summed E-state index contributed by atoms with van der Waals surface area (Å²) in [6.45, 7) is 0.795. The van der Waals surface area contributed by atoms with Gasteiger partial charge in [0.1, 0.15) is 0 Å². The fourth-order valence-electron chi connectivity index (χ4n) is 3.25. The zero-order chi connectivity index (χ0) is 16.6. The molecule has 1 atom stereocenters. The number of aromatic nitrogens is 2. The molecule has 0 fully saturated rings. The van der Waals surface area contributed by atoms with Crippen LogP contribution in [-0.4, -0.2) is 29.2 Å². The van der Waals surface area contributed by atoms with E-state index >= 15 is 0 Å². The van der Waals surface area contributed by atoms with Crippen LogP contribution in [-0.2, 0) is 16.6 Å². The molecule has 1 unspecified atom stereocenters. The highest BCUT2D eigenvalue weighted by atomic mass is 32.2. The molecule has 2 heterocycles. The first-order chi connectivity index (χ1) is 11.7. The van der Waals surface area contributed by atoms with Crippen LogP contribution in [0.25, 0.3) is 0 Å². The van der Waals surface area contributed by atoms with Crippen LogP contribution in [0.4, 0.5) is 0 Å². The van der Waals surface area contributed by atoms with Gasteiger partial charge in [-0.15, -0.1) is 0 Å². The van der Waals surface area contributed by atoms with E-state index in [-0.39, 0.29) is 10.9 Å². The summed E-state index contributed by atoms with van der Waals surface area (Å²) in [6.07, 6.45) is 2.74. The van der Waals surface area contributed by atoms with Gasteiger partial charge in [0.05, 0.1) is 12.5 Å². The van der Waals surface area contributed by atoms with Crippen LogP contribution in [0.1, 0.15) is 22.6 Å². The maximum Gasteiger partial charge on any atom is 0.260 e. The summed E-state index contributed by atoms with van der Waals surface area (Å²) in [7, 11) is -3.59. The fourth-order valence-corrected chi connectivity index (χ4v) is 4.58. The van der Waals surface area contributed by atoms with Crippen LogP contribution in [0.5, 0.6) is 0 Å². The topological polar surface area (TPSA) is 66.1 Å². The van der Waals surface area contributed by atoms with Crippen LogP contribution < -0.4 is 0 Å². The molecule has 0 saturated carbocycles. The van der Waals surface area contributed by atoms with Gasteiger partial charge in [-0.2, -0.15) is 4.31 Å². The second kappa shape index (κ2) is 5.89. The Kier molecular flexibility index (Phi) is 3.70. The number of hydrogen-bond acceptors (Lipinski definition) is 3. The van der Waals surface area contributed by atoms with Crippen molar-refractivity contribution in [3.63, 3.8) is 0 Å². The first kappa shape index (κ1) is 15.1. The van der Waals surface area contributed by atoms with Gasteiger partial charge < -0.3 is 4.98 Å². The molecule has 0 radical (unpaired) electrons. The summed E-state index contributed by atoms with van der Waals surface area (Å²) < 4.78 is 27.3. The van der Waals surface area contributed by atoms with Crippen molar-refractivity contribution < 1.29 is 8.42 Å². The highest BCUT2D eigenvalue weighted by molar-refractivity contribution is 7.89. The van der Waals surface area contributed by atoms with Crippen molar-refractivity contribution in [1.82, 2.24) is 14.3 Å². The van der Waals surface area contributed by atoms with E-state index in [1.54, 1.807) is 0 Å². The Bertz CT molecular complexity index is 937. The number of hydrogen-bond donors (Lipinski definition) is 1. The minimum Gasteiger partial charge on any atom is -0.335 e. The van der Waals surface area contributed by atoms with E-state index in [0.29, 0.717) is 13.1 Å². The molecule has 0 spiro atoms. The average molecular weight is 339 g/mol. The van der Waals surface area contributed by atoms with Crippen LogP contribution in [0.3, 0.4) is 0 Å². The number of imidazole rings is 1. The predicted molar refractivity (Wildman–Crippen MR) is 90.9 cm³/mol. The van der Waals surface area contributed by atoms with Crippen molar-refractivity contribution in [3.05, 3.63) is 83.8 Å². The molecule has 1 aliphatic heterocycles. The third-order valence-corrected chi connectivity index (χ3v) is 6.19. The third-order valence-electron chi connectivity index (χ3n) is 4.46. The van der Waals surface area contributed by atoms with Crippen molar-refractivity contribution in [2.75, 3.05) is 6.54 Å². The standard InChI is InChI=1S/C18H17N3O2S/c22-24(23,18-10-19-13-20-18)21-11-15-8-4-5-9-16(15)17(12-21)14-6-2-1-3-7-14/h1-10,13,17H,11-12H2,(H,19,20). The van der Waals surface area contributed by atoms with E-state index in [4.69, 9.17) is 0 Å². The Hall–Kier alpha value is -2.44. The Morgan fingerprint density at radius 1 is 1.04 bits per heavy atom. The van der Waals surface area contributed by atoms with E-state index in [9.17, 15) is 8.42 Å². The number of fused-ring (bicyclic) bond motifs is 1. The molecule has 1 aliphatic rings. The molecule has 24 heavy (non-hydrogen) atoms. The lowest BCUT2D eigenvalue weighted by atomic mass is 9.86. The minimum absolute atomic E-state index is 0.0221. The quantitative estimate of drug-likeness (QED) is 0.798. The number of benzene rings is 2. The van der Waals surface area contributed by atoms with Gasteiger partial charge in [-0.1, -0.05) is 54.6 Å². The van der Waals surface area contributed by atoms with Crippen molar-refractivity contribution >= 4 is 10.0 Å². The molecule has 122 valence electrons. The van der Waals surface area contributed by atoms with E-state index in [2.05, 4.69) is 16.0 Å². The second-order valence-corrected chi connectivity index (χ2v) is 7.78. The van der Waals surface area contributed by atoms with E-state index in [0.717, 1.165) is 11.1 Å². The number of aromatic amines is 1. The highest BCUT2D eigenvalue weighted by Gasteiger charge is 2.34. The van der Waals surface area contributed by atoms with Gasteiger partial charge in [-0.3, -0.25) is 0 Å². The van der Waals surface area contributed by atoms with Gasteiger partial charge in [0.15, 0.2) is 5.03 Å². The Morgan fingerprint density at radius 2 is 1.79 bits per heavy atom. The van der Waals surface area contributed by atoms with Crippen LogP contribution in [0.2, 0.25) is 0 Å². The summed E-state index contributed by atoms with van der Waals surface area (Å²) >= 11 is 0. The molecule has 0 aliphatic carbocycles. The third kappa shape index (κ3) is 2.53. The minimum atomic E-state index is -3.59. The monoisotopic (exact) mass is 339 g/mol.